The quantitative estimate of drug-likeness (QED) is 0.468. The molecule has 0 atom stereocenters. The lowest BCUT2D eigenvalue weighted by molar-refractivity contribution is 0.0684. The Bertz CT molecular complexity index is 299. The third-order valence-electron chi connectivity index (χ3n) is 2.23. The summed E-state index contributed by atoms with van der Waals surface area (Å²) in [5.74, 6) is 0. The van der Waals surface area contributed by atoms with E-state index in [0.717, 1.165) is 32.3 Å². The van der Waals surface area contributed by atoms with Gasteiger partial charge in [0.2, 0.25) is 0 Å². The van der Waals surface area contributed by atoms with Crippen LogP contribution in [0.25, 0.3) is 0 Å². The molecule has 1 heterocycles. The SMILES string of the molecule is COCCOCCCCn1cncc1C=O. The monoisotopic (exact) mass is 226 g/mol. The average molecular weight is 226 g/mol. The number of nitrogens with zero attached hydrogens (tertiary/aromatic N) is 2. The maximum atomic E-state index is 10.6. The van der Waals surface area contributed by atoms with Crippen LogP contribution in [0.1, 0.15) is 23.3 Å². The minimum atomic E-state index is 0.625. The third kappa shape index (κ3) is 4.55. The van der Waals surface area contributed by atoms with Gasteiger partial charge in [-0.3, -0.25) is 4.79 Å². The number of rotatable bonds is 9. The Morgan fingerprint density at radius 2 is 2.25 bits per heavy atom. The van der Waals surface area contributed by atoms with Crippen molar-refractivity contribution in [2.75, 3.05) is 26.9 Å². The van der Waals surface area contributed by atoms with Gasteiger partial charge in [0.05, 0.1) is 25.7 Å². The van der Waals surface area contributed by atoms with Crippen molar-refractivity contribution in [2.24, 2.45) is 0 Å². The summed E-state index contributed by atoms with van der Waals surface area (Å²) in [6.45, 7) is 2.81. The lowest BCUT2D eigenvalue weighted by Crippen LogP contribution is -2.05. The van der Waals surface area contributed by atoms with E-state index in [9.17, 15) is 4.79 Å². The zero-order valence-corrected chi connectivity index (χ0v) is 9.59. The maximum Gasteiger partial charge on any atom is 0.168 e. The number of ether oxygens (including phenoxy) is 2. The van der Waals surface area contributed by atoms with Crippen LogP contribution in [0.15, 0.2) is 12.5 Å². The number of hydrogen-bond acceptors (Lipinski definition) is 4. The van der Waals surface area contributed by atoms with E-state index in [-0.39, 0.29) is 0 Å². The van der Waals surface area contributed by atoms with Crippen molar-refractivity contribution in [1.29, 1.82) is 0 Å². The minimum absolute atomic E-state index is 0.625. The molecule has 0 spiro atoms. The Kier molecular flexibility index (Phi) is 6.44. The molecular formula is C11H18N2O3. The van der Waals surface area contributed by atoms with Gasteiger partial charge in [0, 0.05) is 20.3 Å². The van der Waals surface area contributed by atoms with Crippen molar-refractivity contribution in [3.05, 3.63) is 18.2 Å². The van der Waals surface area contributed by atoms with Gasteiger partial charge in [-0.15, -0.1) is 0 Å². The standard InChI is InChI=1S/C11H18N2O3/c1-15-6-7-16-5-3-2-4-13-10-12-8-11(13)9-14/h8-10H,2-7H2,1H3. The lowest BCUT2D eigenvalue weighted by atomic mass is 10.3. The summed E-state index contributed by atoms with van der Waals surface area (Å²) in [6.07, 6.45) is 6.02. The number of aldehydes is 1. The van der Waals surface area contributed by atoms with Crippen LogP contribution in [0.2, 0.25) is 0 Å². The highest BCUT2D eigenvalue weighted by molar-refractivity contribution is 5.71. The number of aryl methyl sites for hydroxylation is 1. The highest BCUT2D eigenvalue weighted by Crippen LogP contribution is 2.00. The van der Waals surface area contributed by atoms with E-state index in [0.29, 0.717) is 18.9 Å². The van der Waals surface area contributed by atoms with Gasteiger partial charge in [0.25, 0.3) is 0 Å². The number of methoxy groups -OCH3 is 1. The van der Waals surface area contributed by atoms with E-state index < -0.39 is 0 Å². The number of imidazole rings is 1. The van der Waals surface area contributed by atoms with Gasteiger partial charge in [-0.25, -0.2) is 4.98 Å². The predicted molar refractivity (Wildman–Crippen MR) is 59.5 cm³/mol. The van der Waals surface area contributed by atoms with Crippen LogP contribution in [0.3, 0.4) is 0 Å². The molecule has 90 valence electrons. The van der Waals surface area contributed by atoms with Crippen LogP contribution < -0.4 is 0 Å². The summed E-state index contributed by atoms with van der Waals surface area (Å²) in [5, 5.41) is 0. The predicted octanol–water partition coefficient (Wildman–Crippen LogP) is 1.14. The molecular weight excluding hydrogens is 208 g/mol. The molecule has 0 saturated carbocycles. The van der Waals surface area contributed by atoms with Crippen LogP contribution >= 0.6 is 0 Å². The van der Waals surface area contributed by atoms with Gasteiger partial charge >= 0.3 is 0 Å². The number of unbranched alkanes of at least 4 members (excludes halogenated alkanes) is 1. The first-order chi connectivity index (χ1) is 7.88. The molecule has 5 heteroatoms. The molecule has 1 aromatic heterocycles. The summed E-state index contributed by atoms with van der Waals surface area (Å²) >= 11 is 0. The molecule has 0 aliphatic rings. The van der Waals surface area contributed by atoms with Crippen LogP contribution in [-0.4, -0.2) is 42.8 Å². The smallest absolute Gasteiger partial charge is 0.168 e. The topological polar surface area (TPSA) is 53.4 Å². The Morgan fingerprint density at radius 1 is 1.38 bits per heavy atom. The van der Waals surface area contributed by atoms with E-state index >= 15 is 0 Å². The van der Waals surface area contributed by atoms with Crippen LogP contribution in [0.4, 0.5) is 0 Å². The zero-order valence-electron chi connectivity index (χ0n) is 9.59. The highest BCUT2D eigenvalue weighted by Gasteiger charge is 1.99. The minimum Gasteiger partial charge on any atom is -0.382 e. The number of aromatic nitrogens is 2. The van der Waals surface area contributed by atoms with Crippen molar-refractivity contribution in [1.82, 2.24) is 9.55 Å². The zero-order chi connectivity index (χ0) is 11.6. The molecule has 0 bridgehead atoms. The second kappa shape index (κ2) is 8.01. The van der Waals surface area contributed by atoms with Gasteiger partial charge in [0.15, 0.2) is 6.29 Å². The summed E-state index contributed by atoms with van der Waals surface area (Å²) in [4.78, 5) is 14.5. The van der Waals surface area contributed by atoms with Crippen LogP contribution in [0, 0.1) is 0 Å². The van der Waals surface area contributed by atoms with Crippen molar-refractivity contribution in [3.8, 4) is 0 Å². The molecule has 0 fully saturated rings. The second-order valence-electron chi connectivity index (χ2n) is 3.44. The Labute approximate surface area is 95.4 Å². The molecule has 0 N–H and O–H groups in total. The molecule has 16 heavy (non-hydrogen) atoms. The number of carbonyl (C=O) groups excluding carboxylic acids is 1. The van der Waals surface area contributed by atoms with Gasteiger partial charge in [-0.1, -0.05) is 0 Å². The van der Waals surface area contributed by atoms with E-state index in [1.165, 1.54) is 0 Å². The van der Waals surface area contributed by atoms with E-state index in [1.807, 2.05) is 4.57 Å². The van der Waals surface area contributed by atoms with Crippen molar-refractivity contribution < 1.29 is 14.3 Å². The van der Waals surface area contributed by atoms with E-state index in [2.05, 4.69) is 4.98 Å². The molecule has 0 saturated heterocycles. The molecule has 0 aliphatic heterocycles. The van der Waals surface area contributed by atoms with Crippen molar-refractivity contribution in [2.45, 2.75) is 19.4 Å². The molecule has 1 rings (SSSR count). The Hall–Kier alpha value is -1.20. The normalized spacial score (nSPS) is 10.6. The fraction of sp³-hybridized carbons (Fsp3) is 0.636. The fourth-order valence-corrected chi connectivity index (χ4v) is 1.35. The summed E-state index contributed by atoms with van der Waals surface area (Å²) in [7, 11) is 1.66. The largest absolute Gasteiger partial charge is 0.382 e. The summed E-state index contributed by atoms with van der Waals surface area (Å²) < 4.78 is 12.0. The van der Waals surface area contributed by atoms with E-state index in [1.54, 1.807) is 19.6 Å². The Morgan fingerprint density at radius 3 is 3.00 bits per heavy atom. The van der Waals surface area contributed by atoms with E-state index in [4.69, 9.17) is 9.47 Å². The molecule has 0 aromatic carbocycles. The molecule has 0 aliphatic carbocycles. The summed E-state index contributed by atoms with van der Waals surface area (Å²) in [6, 6.07) is 0. The van der Waals surface area contributed by atoms with Crippen molar-refractivity contribution in [3.63, 3.8) is 0 Å². The molecule has 1 aromatic rings. The first kappa shape index (κ1) is 12.9. The van der Waals surface area contributed by atoms with Gasteiger partial charge in [-0.2, -0.15) is 0 Å². The van der Waals surface area contributed by atoms with Gasteiger partial charge < -0.3 is 14.0 Å². The van der Waals surface area contributed by atoms with Gasteiger partial charge in [0.1, 0.15) is 5.69 Å². The molecule has 5 nitrogen and oxygen atoms in total. The average Bonchev–Trinajstić information content (AvgIpc) is 2.75. The second-order valence-corrected chi connectivity index (χ2v) is 3.44. The van der Waals surface area contributed by atoms with Crippen LogP contribution in [-0.2, 0) is 16.0 Å². The number of hydrogen-bond donors (Lipinski definition) is 0. The molecule has 0 radical (unpaired) electrons. The first-order valence-electron chi connectivity index (χ1n) is 5.40. The Balaban J connectivity index is 2.05. The maximum absolute atomic E-state index is 10.6. The highest BCUT2D eigenvalue weighted by atomic mass is 16.5. The lowest BCUT2D eigenvalue weighted by Gasteiger charge is -2.05. The first-order valence-corrected chi connectivity index (χ1v) is 5.40. The number of carbonyl (C=O) groups is 1. The fourth-order valence-electron chi connectivity index (χ4n) is 1.35. The van der Waals surface area contributed by atoms with Crippen LogP contribution in [0.5, 0.6) is 0 Å². The molecule has 0 amide bonds. The summed E-state index contributed by atoms with van der Waals surface area (Å²) in [5.41, 5.74) is 0.625. The molecule has 0 unspecified atom stereocenters. The van der Waals surface area contributed by atoms with Gasteiger partial charge in [-0.05, 0) is 12.8 Å². The third-order valence-corrected chi connectivity index (χ3v) is 2.23. The van der Waals surface area contributed by atoms with Crippen molar-refractivity contribution >= 4 is 6.29 Å².